The highest BCUT2D eigenvalue weighted by Crippen LogP contribution is 2.58. The number of aromatic nitrogens is 1. The lowest BCUT2D eigenvalue weighted by molar-refractivity contribution is -0.137. The number of aromatic amines is 1. The number of benzene rings is 2. The van der Waals surface area contributed by atoms with Crippen molar-refractivity contribution in [3.05, 3.63) is 74.2 Å². The highest BCUT2D eigenvalue weighted by molar-refractivity contribution is 7.99. The first-order valence-electron chi connectivity index (χ1n) is 9.81. The zero-order chi connectivity index (χ0) is 23.5. The van der Waals surface area contributed by atoms with E-state index in [1.165, 1.54) is 30.0 Å². The Hall–Kier alpha value is -3.05. The molecule has 1 spiro atoms. The van der Waals surface area contributed by atoms with Crippen LogP contribution in [0, 0.1) is 5.41 Å². The molecule has 0 bridgehead atoms. The van der Waals surface area contributed by atoms with Crippen molar-refractivity contribution in [1.29, 1.82) is 0 Å². The number of aromatic hydroxyl groups is 1. The summed E-state index contributed by atoms with van der Waals surface area (Å²) in [7, 11) is 0. The number of phenolic OH excluding ortho intramolecular Hbond substituents is 1. The molecule has 6 nitrogen and oxygen atoms in total. The summed E-state index contributed by atoms with van der Waals surface area (Å²) < 4.78 is 41.0. The number of carbonyl (C=O) groups is 2. The van der Waals surface area contributed by atoms with Crippen molar-refractivity contribution in [2.24, 2.45) is 5.41 Å². The lowest BCUT2D eigenvalue weighted by Gasteiger charge is -2.38. The van der Waals surface area contributed by atoms with Gasteiger partial charge < -0.3 is 10.1 Å². The van der Waals surface area contributed by atoms with Crippen LogP contribution in [0.5, 0.6) is 5.75 Å². The van der Waals surface area contributed by atoms with Gasteiger partial charge in [-0.15, -0.1) is 11.8 Å². The number of nitrogens with zero attached hydrogens (tertiary/aromatic N) is 1. The Balaban J connectivity index is 1.70. The predicted molar refractivity (Wildman–Crippen MR) is 117 cm³/mol. The number of thioether (sulfide) groups is 1. The average Bonchev–Trinajstić information content (AvgIpc) is 3.25. The second-order valence-corrected chi connectivity index (χ2v) is 9.87. The topological polar surface area (TPSA) is 90.5 Å². The van der Waals surface area contributed by atoms with Gasteiger partial charge in [-0.1, -0.05) is 41.7 Å². The van der Waals surface area contributed by atoms with E-state index in [0.29, 0.717) is 20.4 Å². The second-order valence-electron chi connectivity index (χ2n) is 7.87. The molecule has 1 saturated heterocycles. The van der Waals surface area contributed by atoms with Crippen LogP contribution in [0.1, 0.15) is 28.3 Å². The summed E-state index contributed by atoms with van der Waals surface area (Å²) in [5, 5.41) is 11.1. The average molecular weight is 493 g/mol. The molecule has 33 heavy (non-hydrogen) atoms. The van der Waals surface area contributed by atoms with Gasteiger partial charge in [-0.05, 0) is 18.2 Å². The van der Waals surface area contributed by atoms with Crippen LogP contribution >= 0.6 is 23.1 Å². The quantitative estimate of drug-likeness (QED) is 0.520. The molecule has 3 heterocycles. The first-order chi connectivity index (χ1) is 15.6. The zero-order valence-electron chi connectivity index (χ0n) is 16.7. The predicted octanol–water partition coefficient (Wildman–Crippen LogP) is 4.35. The fourth-order valence-corrected chi connectivity index (χ4v) is 7.13. The number of fused-ring (bicyclic) bond motifs is 1. The summed E-state index contributed by atoms with van der Waals surface area (Å²) in [4.78, 5) is 42.5. The molecule has 0 radical (unpaired) electrons. The number of thiazole rings is 1. The largest absolute Gasteiger partial charge is 0.508 e. The van der Waals surface area contributed by atoms with Crippen LogP contribution in [0.15, 0.2) is 58.4 Å². The number of halogens is 3. The maximum atomic E-state index is 13.8. The van der Waals surface area contributed by atoms with Crippen LogP contribution in [0.2, 0.25) is 0 Å². The van der Waals surface area contributed by atoms with E-state index in [2.05, 4.69) is 4.98 Å². The lowest BCUT2D eigenvalue weighted by atomic mass is 9.70. The van der Waals surface area contributed by atoms with Gasteiger partial charge in [0, 0.05) is 28.5 Å². The third-order valence-corrected chi connectivity index (χ3v) is 8.32. The summed E-state index contributed by atoms with van der Waals surface area (Å²) in [5.41, 5.74) is -2.73. The van der Waals surface area contributed by atoms with E-state index in [1.54, 1.807) is 18.2 Å². The minimum Gasteiger partial charge on any atom is -0.508 e. The fraction of sp³-hybridized carbons (Fsp3) is 0.227. The number of hydrogen-bond acceptors (Lipinski definition) is 6. The molecular weight excluding hydrogens is 477 g/mol. The molecule has 2 amide bonds. The molecule has 1 aromatic heterocycles. The standard InChI is InChI=1S/C22H15F3N2O4S2/c23-22(24,25)12-6-2-3-7-13(12)27-15(29)9-21(19(27)30)10-32-18-17(33-20(31)26-18)16(21)11-5-1-4-8-14(11)28/h1-8,16,28H,9-10H2,(H,26,31)/t16-,21-/m0/s1. The molecule has 5 rings (SSSR count). The molecule has 0 unspecified atom stereocenters. The number of imide groups is 1. The Morgan fingerprint density at radius 2 is 1.76 bits per heavy atom. The molecule has 2 atom stereocenters. The van der Waals surface area contributed by atoms with Gasteiger partial charge in [0.1, 0.15) is 5.75 Å². The van der Waals surface area contributed by atoms with Crippen LogP contribution in [0.25, 0.3) is 0 Å². The molecule has 1 fully saturated rings. The van der Waals surface area contributed by atoms with Crippen molar-refractivity contribution in [2.45, 2.75) is 23.5 Å². The Morgan fingerprint density at radius 1 is 1.06 bits per heavy atom. The number of phenols is 1. The van der Waals surface area contributed by atoms with Gasteiger partial charge >= 0.3 is 11.0 Å². The number of para-hydroxylation sites is 2. The number of rotatable bonds is 2. The van der Waals surface area contributed by atoms with Crippen molar-refractivity contribution >= 4 is 40.6 Å². The first-order valence-corrected chi connectivity index (χ1v) is 11.6. The van der Waals surface area contributed by atoms with Gasteiger partial charge in [-0.2, -0.15) is 13.2 Å². The fourth-order valence-electron chi connectivity index (χ4n) is 4.58. The molecule has 0 aliphatic carbocycles. The van der Waals surface area contributed by atoms with Crippen molar-refractivity contribution < 1.29 is 27.9 Å². The van der Waals surface area contributed by atoms with E-state index in [0.717, 1.165) is 23.5 Å². The van der Waals surface area contributed by atoms with E-state index in [9.17, 15) is 32.7 Å². The molecule has 2 N–H and O–H groups in total. The smallest absolute Gasteiger partial charge is 0.418 e. The Morgan fingerprint density at radius 3 is 2.48 bits per heavy atom. The van der Waals surface area contributed by atoms with E-state index in [1.807, 2.05) is 0 Å². The summed E-state index contributed by atoms with van der Waals surface area (Å²) >= 11 is 2.04. The van der Waals surface area contributed by atoms with Gasteiger partial charge in [0.2, 0.25) is 11.8 Å². The molecule has 2 aliphatic heterocycles. The number of anilines is 1. The van der Waals surface area contributed by atoms with Crippen molar-refractivity contribution in [3.63, 3.8) is 0 Å². The number of alkyl halides is 3. The first kappa shape index (κ1) is 21.8. The number of H-pyrrole nitrogens is 1. The van der Waals surface area contributed by atoms with E-state index >= 15 is 0 Å². The normalized spacial score (nSPS) is 22.8. The zero-order valence-corrected chi connectivity index (χ0v) is 18.3. The van der Waals surface area contributed by atoms with Gasteiger partial charge in [-0.25, -0.2) is 4.90 Å². The van der Waals surface area contributed by atoms with Crippen LogP contribution in [-0.2, 0) is 15.8 Å². The highest BCUT2D eigenvalue weighted by atomic mass is 32.2. The van der Waals surface area contributed by atoms with Crippen molar-refractivity contribution in [3.8, 4) is 5.75 Å². The SMILES string of the molecule is O=C1C[C@@]2(CSc3[nH]c(=O)sc3[C@@H]2c2ccccc2O)C(=O)N1c1ccccc1C(F)(F)F. The van der Waals surface area contributed by atoms with E-state index in [-0.39, 0.29) is 22.8 Å². The number of amides is 2. The molecule has 0 saturated carbocycles. The summed E-state index contributed by atoms with van der Waals surface area (Å²) in [6.07, 6.45) is -5.12. The van der Waals surface area contributed by atoms with Crippen LogP contribution < -0.4 is 9.77 Å². The second kappa shape index (κ2) is 7.49. The number of hydrogen-bond donors (Lipinski definition) is 2. The van der Waals surface area contributed by atoms with Crippen LogP contribution in [0.4, 0.5) is 18.9 Å². The molecule has 11 heteroatoms. The summed E-state index contributed by atoms with van der Waals surface area (Å²) in [6.45, 7) is 0. The Bertz CT molecular complexity index is 1350. The van der Waals surface area contributed by atoms with Gasteiger partial charge in [0.25, 0.3) is 0 Å². The monoisotopic (exact) mass is 492 g/mol. The van der Waals surface area contributed by atoms with Crippen LogP contribution in [-0.4, -0.2) is 27.7 Å². The van der Waals surface area contributed by atoms with Gasteiger partial charge in [0.05, 0.1) is 21.7 Å². The lowest BCUT2D eigenvalue weighted by Crippen LogP contribution is -2.43. The number of nitrogens with one attached hydrogen (secondary N) is 1. The van der Waals surface area contributed by atoms with Crippen molar-refractivity contribution in [1.82, 2.24) is 4.98 Å². The minimum atomic E-state index is -4.77. The molecule has 2 aliphatic rings. The van der Waals surface area contributed by atoms with Crippen molar-refractivity contribution in [2.75, 3.05) is 10.7 Å². The Labute approximate surface area is 193 Å². The minimum absolute atomic E-state index is 0.0565. The molecular formula is C22H15F3N2O4S2. The third kappa shape index (κ3) is 3.29. The van der Waals surface area contributed by atoms with E-state index < -0.39 is 40.6 Å². The third-order valence-electron chi connectivity index (χ3n) is 5.97. The van der Waals surface area contributed by atoms with Gasteiger partial charge in [0.15, 0.2) is 0 Å². The maximum Gasteiger partial charge on any atom is 0.418 e. The van der Waals surface area contributed by atoms with E-state index in [4.69, 9.17) is 0 Å². The summed E-state index contributed by atoms with van der Waals surface area (Å²) in [6, 6.07) is 10.7. The number of carbonyl (C=O) groups excluding carboxylic acids is 2. The highest BCUT2D eigenvalue weighted by Gasteiger charge is 2.60. The molecule has 2 aromatic carbocycles. The summed E-state index contributed by atoms with van der Waals surface area (Å²) in [5.74, 6) is -2.49. The maximum absolute atomic E-state index is 13.8. The molecule has 170 valence electrons. The van der Waals surface area contributed by atoms with Gasteiger partial charge in [-0.3, -0.25) is 14.4 Å². The molecule has 3 aromatic rings. The Kier molecular flexibility index (Phi) is 4.94. The van der Waals surface area contributed by atoms with Crippen LogP contribution in [0.3, 0.4) is 0 Å².